The molecular formula is C21H28N4O3. The Bertz CT molecular complexity index is 794. The summed E-state index contributed by atoms with van der Waals surface area (Å²) in [6, 6.07) is 7.64. The highest BCUT2D eigenvalue weighted by molar-refractivity contribution is 5.86. The first-order valence-electron chi connectivity index (χ1n) is 9.63. The Morgan fingerprint density at radius 1 is 1.21 bits per heavy atom. The third-order valence-corrected chi connectivity index (χ3v) is 4.60. The van der Waals surface area contributed by atoms with E-state index < -0.39 is 17.7 Å². The monoisotopic (exact) mass is 384 g/mol. The van der Waals surface area contributed by atoms with Crippen LogP contribution in [0.2, 0.25) is 0 Å². The van der Waals surface area contributed by atoms with Crippen LogP contribution in [0.3, 0.4) is 0 Å². The van der Waals surface area contributed by atoms with Crippen molar-refractivity contribution in [1.29, 1.82) is 0 Å². The molecule has 3 rings (SSSR count). The van der Waals surface area contributed by atoms with Gasteiger partial charge in [0.1, 0.15) is 11.6 Å². The van der Waals surface area contributed by atoms with Crippen LogP contribution in [0.1, 0.15) is 44.7 Å². The van der Waals surface area contributed by atoms with Crippen molar-refractivity contribution in [2.24, 2.45) is 0 Å². The quantitative estimate of drug-likeness (QED) is 0.860. The van der Waals surface area contributed by atoms with Crippen LogP contribution in [-0.4, -0.2) is 44.6 Å². The summed E-state index contributed by atoms with van der Waals surface area (Å²) in [5.41, 5.74) is 1.61. The lowest BCUT2D eigenvalue weighted by Gasteiger charge is -2.28. The molecule has 1 atom stereocenters. The molecule has 0 aliphatic carbocycles. The molecule has 7 heteroatoms. The number of hydrogen-bond donors (Lipinski definition) is 1. The Morgan fingerprint density at radius 3 is 2.57 bits per heavy atom. The van der Waals surface area contributed by atoms with E-state index in [4.69, 9.17) is 4.74 Å². The van der Waals surface area contributed by atoms with Crippen molar-refractivity contribution < 1.29 is 14.3 Å². The maximum absolute atomic E-state index is 12.6. The normalized spacial score (nSPS) is 16.8. The average Bonchev–Trinajstić information content (AvgIpc) is 3.31. The van der Waals surface area contributed by atoms with Gasteiger partial charge in [-0.15, -0.1) is 0 Å². The fourth-order valence-electron chi connectivity index (χ4n) is 3.24. The second kappa shape index (κ2) is 8.46. The topological polar surface area (TPSA) is 76.5 Å². The van der Waals surface area contributed by atoms with E-state index in [0.717, 1.165) is 18.5 Å². The van der Waals surface area contributed by atoms with E-state index in [0.29, 0.717) is 19.5 Å². The van der Waals surface area contributed by atoms with Gasteiger partial charge in [0.05, 0.1) is 6.33 Å². The zero-order valence-corrected chi connectivity index (χ0v) is 16.7. The van der Waals surface area contributed by atoms with Crippen LogP contribution in [-0.2, 0) is 22.6 Å². The maximum atomic E-state index is 12.6. The number of nitrogens with one attached hydrogen (secondary N) is 1. The molecule has 1 saturated heterocycles. The molecule has 0 spiro atoms. The summed E-state index contributed by atoms with van der Waals surface area (Å²) in [6.07, 6.45) is 6.51. The molecule has 1 aromatic heterocycles. The zero-order chi connectivity index (χ0) is 20.1. The van der Waals surface area contributed by atoms with Crippen molar-refractivity contribution in [3.8, 4) is 0 Å². The van der Waals surface area contributed by atoms with E-state index in [9.17, 15) is 9.59 Å². The smallest absolute Gasteiger partial charge is 0.410 e. The second-order valence-corrected chi connectivity index (χ2v) is 8.10. The Morgan fingerprint density at radius 2 is 1.93 bits per heavy atom. The van der Waals surface area contributed by atoms with E-state index in [1.807, 2.05) is 55.8 Å². The van der Waals surface area contributed by atoms with Gasteiger partial charge in [-0.25, -0.2) is 9.78 Å². The van der Waals surface area contributed by atoms with Crippen molar-refractivity contribution >= 4 is 12.0 Å². The Hall–Kier alpha value is -2.83. The summed E-state index contributed by atoms with van der Waals surface area (Å²) < 4.78 is 7.42. The van der Waals surface area contributed by atoms with E-state index >= 15 is 0 Å². The van der Waals surface area contributed by atoms with Gasteiger partial charge in [-0.3, -0.25) is 9.69 Å². The van der Waals surface area contributed by atoms with Crippen molar-refractivity contribution in [1.82, 2.24) is 19.8 Å². The van der Waals surface area contributed by atoms with Gasteiger partial charge in [-0.05, 0) is 44.7 Å². The van der Waals surface area contributed by atoms with Crippen LogP contribution >= 0.6 is 0 Å². The largest absolute Gasteiger partial charge is 0.444 e. The number of likely N-dealkylation sites (tertiary alicyclic amines) is 1. The molecule has 150 valence electrons. The Labute approximate surface area is 165 Å². The Kier molecular flexibility index (Phi) is 6.02. The Balaban J connectivity index is 1.52. The van der Waals surface area contributed by atoms with Gasteiger partial charge in [-0.1, -0.05) is 24.3 Å². The molecule has 2 aromatic rings. The summed E-state index contributed by atoms with van der Waals surface area (Å²) in [7, 11) is 0. The van der Waals surface area contributed by atoms with Crippen LogP contribution in [0, 0.1) is 0 Å². The molecular weight excluding hydrogens is 356 g/mol. The van der Waals surface area contributed by atoms with Crippen LogP contribution in [0.15, 0.2) is 43.0 Å². The predicted octanol–water partition coefficient (Wildman–Crippen LogP) is 2.95. The number of rotatable bonds is 5. The summed E-state index contributed by atoms with van der Waals surface area (Å²) in [6.45, 7) is 7.23. The first kappa shape index (κ1) is 19.9. The molecule has 0 bridgehead atoms. The van der Waals surface area contributed by atoms with Gasteiger partial charge < -0.3 is 14.6 Å². The molecule has 1 unspecified atom stereocenters. The summed E-state index contributed by atoms with van der Waals surface area (Å²) in [4.78, 5) is 30.5. The fourth-order valence-corrected chi connectivity index (χ4v) is 3.24. The van der Waals surface area contributed by atoms with Gasteiger partial charge in [0.2, 0.25) is 5.91 Å². The van der Waals surface area contributed by atoms with Gasteiger partial charge in [-0.2, -0.15) is 0 Å². The summed E-state index contributed by atoms with van der Waals surface area (Å²) >= 11 is 0. The van der Waals surface area contributed by atoms with Crippen LogP contribution in [0.5, 0.6) is 0 Å². The van der Waals surface area contributed by atoms with Crippen molar-refractivity contribution in [2.75, 3.05) is 6.54 Å². The molecule has 2 heterocycles. The van der Waals surface area contributed by atoms with Crippen molar-refractivity contribution in [2.45, 2.75) is 58.3 Å². The number of amides is 2. The van der Waals surface area contributed by atoms with Crippen LogP contribution in [0.4, 0.5) is 4.79 Å². The first-order valence-corrected chi connectivity index (χ1v) is 9.63. The minimum atomic E-state index is -0.570. The summed E-state index contributed by atoms with van der Waals surface area (Å²) in [5.74, 6) is -0.133. The van der Waals surface area contributed by atoms with Crippen molar-refractivity contribution in [3.63, 3.8) is 0 Å². The fraction of sp³-hybridized carbons (Fsp3) is 0.476. The van der Waals surface area contributed by atoms with Gasteiger partial charge in [0.15, 0.2) is 0 Å². The van der Waals surface area contributed by atoms with E-state index in [-0.39, 0.29) is 5.91 Å². The van der Waals surface area contributed by atoms with Gasteiger partial charge in [0.25, 0.3) is 0 Å². The van der Waals surface area contributed by atoms with Crippen LogP contribution < -0.4 is 5.32 Å². The number of nitrogens with zero attached hydrogens (tertiary/aromatic N) is 3. The first-order chi connectivity index (χ1) is 13.3. The third kappa shape index (κ3) is 5.34. The lowest BCUT2D eigenvalue weighted by atomic mass is 10.1. The highest BCUT2D eigenvalue weighted by Gasteiger charge is 2.36. The molecule has 2 amide bonds. The maximum Gasteiger partial charge on any atom is 0.410 e. The number of carbonyl (C=O) groups is 2. The second-order valence-electron chi connectivity index (χ2n) is 8.10. The molecule has 1 fully saturated rings. The molecule has 1 N–H and O–H groups in total. The zero-order valence-electron chi connectivity index (χ0n) is 16.7. The van der Waals surface area contributed by atoms with E-state index in [1.165, 1.54) is 10.5 Å². The molecule has 7 nitrogen and oxygen atoms in total. The van der Waals surface area contributed by atoms with E-state index in [1.54, 1.807) is 12.5 Å². The number of carbonyl (C=O) groups excluding carboxylic acids is 2. The van der Waals surface area contributed by atoms with Gasteiger partial charge in [0, 0.05) is 32.0 Å². The number of imidazole rings is 1. The summed E-state index contributed by atoms with van der Waals surface area (Å²) in [5, 5.41) is 2.95. The number of aromatic nitrogens is 2. The average molecular weight is 384 g/mol. The lowest BCUT2D eigenvalue weighted by molar-refractivity contribution is -0.125. The SMILES string of the molecule is CC(C)(C)OC(=O)N1CCCC1C(=O)NCc1ccc(Cn2ccnc2)cc1. The van der Waals surface area contributed by atoms with Gasteiger partial charge >= 0.3 is 6.09 Å². The standard InChI is InChI=1S/C21H28N4O3/c1-21(2,3)28-20(27)25-11-4-5-18(25)19(26)23-13-16-6-8-17(9-7-16)14-24-12-10-22-15-24/h6-10,12,15,18H,4-5,11,13-14H2,1-3H3,(H,23,26). The molecule has 1 aliphatic rings. The molecule has 1 aliphatic heterocycles. The number of hydrogen-bond acceptors (Lipinski definition) is 4. The van der Waals surface area contributed by atoms with Crippen molar-refractivity contribution in [3.05, 3.63) is 54.1 Å². The third-order valence-electron chi connectivity index (χ3n) is 4.60. The lowest BCUT2D eigenvalue weighted by Crippen LogP contribution is -2.47. The molecule has 1 aromatic carbocycles. The number of ether oxygens (including phenoxy) is 1. The molecule has 0 radical (unpaired) electrons. The number of benzene rings is 1. The molecule has 0 saturated carbocycles. The minimum Gasteiger partial charge on any atom is -0.444 e. The predicted molar refractivity (Wildman–Crippen MR) is 106 cm³/mol. The van der Waals surface area contributed by atoms with Crippen LogP contribution in [0.25, 0.3) is 0 Å². The minimum absolute atomic E-state index is 0.133. The molecule has 28 heavy (non-hydrogen) atoms. The highest BCUT2D eigenvalue weighted by atomic mass is 16.6. The highest BCUT2D eigenvalue weighted by Crippen LogP contribution is 2.21. The van der Waals surface area contributed by atoms with E-state index in [2.05, 4.69) is 10.3 Å².